The van der Waals surface area contributed by atoms with Crippen LogP contribution in [0.25, 0.3) is 0 Å². The lowest BCUT2D eigenvalue weighted by Crippen LogP contribution is -2.28. The molecule has 6 nitrogen and oxygen atoms in total. The molecular weight excluding hydrogens is 337 g/mol. The molecule has 7 heteroatoms. The minimum absolute atomic E-state index is 0.183. The van der Waals surface area contributed by atoms with Gasteiger partial charge in [-0.1, -0.05) is 0 Å². The third kappa shape index (κ3) is 5.99. The van der Waals surface area contributed by atoms with Crippen molar-refractivity contribution in [3.8, 4) is 0 Å². The van der Waals surface area contributed by atoms with E-state index >= 15 is 0 Å². The number of hydrogen-bond donors (Lipinski definition) is 2. The Balaban J connectivity index is 5.01. The second-order valence-electron chi connectivity index (χ2n) is 3.06. The number of nitrogens with zero attached hydrogens (tertiary/aromatic N) is 1. The SMILES string of the molecule is CCOC(=O)C(=NC(CN)COC)C(I)=CN. The smallest absolute Gasteiger partial charge is 0.357 e. The van der Waals surface area contributed by atoms with E-state index in [-0.39, 0.29) is 24.9 Å². The maximum Gasteiger partial charge on any atom is 0.357 e. The van der Waals surface area contributed by atoms with Crippen LogP contribution in [0, 0.1) is 0 Å². The number of carbonyl (C=O) groups excluding carboxylic acids is 1. The van der Waals surface area contributed by atoms with E-state index in [9.17, 15) is 4.79 Å². The van der Waals surface area contributed by atoms with Crippen molar-refractivity contribution >= 4 is 34.3 Å². The van der Waals surface area contributed by atoms with Crippen LogP contribution in [0.1, 0.15) is 6.92 Å². The molecule has 0 saturated carbocycles. The van der Waals surface area contributed by atoms with Gasteiger partial charge >= 0.3 is 5.97 Å². The zero-order valence-corrected chi connectivity index (χ0v) is 12.1. The standard InChI is InChI=1S/C10H18IN3O3/c1-3-17-10(15)9(8(11)5-13)14-7(4-12)6-16-2/h5,7H,3-4,6,12-13H2,1-2H3. The van der Waals surface area contributed by atoms with Crippen LogP contribution in [0.15, 0.2) is 14.8 Å². The molecule has 0 amide bonds. The molecule has 98 valence electrons. The normalized spacial score (nSPS) is 14.6. The fourth-order valence-electron chi connectivity index (χ4n) is 1.02. The molecule has 0 heterocycles. The van der Waals surface area contributed by atoms with Crippen molar-refractivity contribution in [1.29, 1.82) is 0 Å². The van der Waals surface area contributed by atoms with E-state index in [1.54, 1.807) is 14.0 Å². The first kappa shape index (κ1) is 16.3. The molecule has 1 unspecified atom stereocenters. The molecule has 0 aliphatic rings. The molecule has 17 heavy (non-hydrogen) atoms. The summed E-state index contributed by atoms with van der Waals surface area (Å²) in [5.41, 5.74) is 11.1. The summed E-state index contributed by atoms with van der Waals surface area (Å²) in [5, 5.41) is 0. The molecule has 1 atom stereocenters. The van der Waals surface area contributed by atoms with Crippen molar-refractivity contribution in [1.82, 2.24) is 0 Å². The quantitative estimate of drug-likeness (QED) is 0.386. The summed E-state index contributed by atoms with van der Waals surface area (Å²) in [5.74, 6) is -0.506. The molecule has 0 aliphatic heterocycles. The van der Waals surface area contributed by atoms with Crippen LogP contribution in [0.2, 0.25) is 0 Å². The Labute approximate surface area is 115 Å². The molecule has 0 spiro atoms. The summed E-state index contributed by atoms with van der Waals surface area (Å²) in [6.45, 7) is 2.63. The molecule has 0 bridgehead atoms. The third-order valence-corrected chi connectivity index (χ3v) is 2.65. The van der Waals surface area contributed by atoms with Gasteiger partial charge in [-0.15, -0.1) is 0 Å². The first-order valence-electron chi connectivity index (χ1n) is 5.12. The van der Waals surface area contributed by atoms with Crippen LogP contribution in [-0.4, -0.2) is 44.6 Å². The van der Waals surface area contributed by atoms with Gasteiger partial charge in [0.2, 0.25) is 0 Å². The minimum atomic E-state index is -0.506. The number of carbonyl (C=O) groups is 1. The van der Waals surface area contributed by atoms with Crippen molar-refractivity contribution in [2.45, 2.75) is 13.0 Å². The van der Waals surface area contributed by atoms with Crippen molar-refractivity contribution in [3.05, 3.63) is 9.78 Å². The molecule has 0 aromatic carbocycles. The first-order valence-corrected chi connectivity index (χ1v) is 6.20. The second-order valence-corrected chi connectivity index (χ2v) is 4.22. The Bertz CT molecular complexity index is 305. The zero-order chi connectivity index (χ0) is 13.3. The maximum atomic E-state index is 11.7. The lowest BCUT2D eigenvalue weighted by Gasteiger charge is -2.11. The summed E-state index contributed by atoms with van der Waals surface area (Å²) in [4.78, 5) is 15.9. The predicted octanol–water partition coefficient (Wildman–Crippen LogP) is 0.199. The Kier molecular flexibility index (Phi) is 9.00. The molecule has 0 aliphatic carbocycles. The number of nitrogens with two attached hydrogens (primary N) is 2. The van der Waals surface area contributed by atoms with Gasteiger partial charge in [0.05, 0.1) is 22.8 Å². The summed E-state index contributed by atoms with van der Waals surface area (Å²) in [7, 11) is 1.55. The van der Waals surface area contributed by atoms with Crippen LogP contribution in [0.3, 0.4) is 0 Å². The van der Waals surface area contributed by atoms with Crippen molar-refractivity contribution in [3.63, 3.8) is 0 Å². The molecule has 0 rings (SSSR count). The minimum Gasteiger partial charge on any atom is -0.461 e. The lowest BCUT2D eigenvalue weighted by molar-refractivity contribution is -0.134. The highest BCUT2D eigenvalue weighted by molar-refractivity contribution is 14.1. The fraction of sp³-hybridized carbons (Fsp3) is 0.600. The zero-order valence-electron chi connectivity index (χ0n) is 9.98. The van der Waals surface area contributed by atoms with Gasteiger partial charge < -0.3 is 20.9 Å². The van der Waals surface area contributed by atoms with E-state index in [4.69, 9.17) is 20.9 Å². The van der Waals surface area contributed by atoms with Gasteiger partial charge in [-0.2, -0.15) is 0 Å². The highest BCUT2D eigenvalue weighted by Gasteiger charge is 2.18. The van der Waals surface area contributed by atoms with Crippen LogP contribution < -0.4 is 11.5 Å². The summed E-state index contributed by atoms with van der Waals surface area (Å²) in [6, 6.07) is -0.288. The Morgan fingerprint density at radius 1 is 1.59 bits per heavy atom. The average Bonchev–Trinajstić information content (AvgIpc) is 2.33. The number of rotatable bonds is 7. The van der Waals surface area contributed by atoms with E-state index in [1.807, 2.05) is 22.6 Å². The highest BCUT2D eigenvalue weighted by Crippen LogP contribution is 2.10. The predicted molar refractivity (Wildman–Crippen MR) is 75.1 cm³/mol. The van der Waals surface area contributed by atoms with Crippen molar-refractivity contribution in [2.75, 3.05) is 26.9 Å². The van der Waals surface area contributed by atoms with Crippen LogP contribution >= 0.6 is 22.6 Å². The number of halogens is 1. The van der Waals surface area contributed by atoms with Crippen molar-refractivity contribution in [2.24, 2.45) is 16.5 Å². The van der Waals surface area contributed by atoms with Crippen LogP contribution in [0.4, 0.5) is 0 Å². The molecule has 0 aromatic heterocycles. The number of esters is 1. The Hall–Kier alpha value is -0.670. The number of aliphatic imine (C=N–C) groups is 1. The fourth-order valence-corrected chi connectivity index (χ4v) is 1.38. The van der Waals surface area contributed by atoms with Gasteiger partial charge in [0.15, 0.2) is 5.71 Å². The summed E-state index contributed by atoms with van der Waals surface area (Å²) < 4.78 is 10.4. The van der Waals surface area contributed by atoms with E-state index < -0.39 is 5.97 Å². The van der Waals surface area contributed by atoms with Gasteiger partial charge in [-0.3, -0.25) is 4.99 Å². The number of hydrogen-bond acceptors (Lipinski definition) is 6. The van der Waals surface area contributed by atoms with Crippen LogP contribution in [-0.2, 0) is 14.3 Å². The van der Waals surface area contributed by atoms with Gasteiger partial charge in [0.1, 0.15) is 0 Å². The maximum absolute atomic E-state index is 11.7. The Morgan fingerprint density at radius 2 is 2.24 bits per heavy atom. The third-order valence-electron chi connectivity index (χ3n) is 1.78. The van der Waals surface area contributed by atoms with E-state index in [0.717, 1.165) is 0 Å². The van der Waals surface area contributed by atoms with Gasteiger partial charge in [0.25, 0.3) is 0 Å². The molecule has 0 fully saturated rings. The monoisotopic (exact) mass is 355 g/mol. The number of methoxy groups -OCH3 is 1. The van der Waals surface area contributed by atoms with Gasteiger partial charge in [0, 0.05) is 19.9 Å². The molecule has 0 radical (unpaired) electrons. The Morgan fingerprint density at radius 3 is 2.65 bits per heavy atom. The molecule has 0 aromatic rings. The van der Waals surface area contributed by atoms with Gasteiger partial charge in [-0.25, -0.2) is 4.79 Å². The van der Waals surface area contributed by atoms with Gasteiger partial charge in [-0.05, 0) is 29.5 Å². The van der Waals surface area contributed by atoms with E-state index in [1.165, 1.54) is 6.20 Å². The molecule has 4 N–H and O–H groups in total. The molecular formula is C10H18IN3O3. The van der Waals surface area contributed by atoms with Crippen LogP contribution in [0.5, 0.6) is 0 Å². The number of ether oxygens (including phenoxy) is 2. The average molecular weight is 355 g/mol. The first-order chi connectivity index (χ1) is 8.10. The topological polar surface area (TPSA) is 99.9 Å². The molecule has 0 saturated heterocycles. The lowest BCUT2D eigenvalue weighted by atomic mass is 10.3. The van der Waals surface area contributed by atoms with E-state index in [0.29, 0.717) is 10.2 Å². The second kappa shape index (κ2) is 9.37. The van der Waals surface area contributed by atoms with E-state index in [2.05, 4.69) is 4.99 Å². The summed E-state index contributed by atoms with van der Waals surface area (Å²) in [6.07, 6.45) is 1.30. The highest BCUT2D eigenvalue weighted by atomic mass is 127. The van der Waals surface area contributed by atoms with Crippen molar-refractivity contribution < 1.29 is 14.3 Å². The summed E-state index contributed by atoms with van der Waals surface area (Å²) >= 11 is 1.92. The largest absolute Gasteiger partial charge is 0.461 e.